The van der Waals surface area contributed by atoms with Gasteiger partial charge in [-0.25, -0.2) is 0 Å². The van der Waals surface area contributed by atoms with E-state index < -0.39 is 8.07 Å². The first-order chi connectivity index (χ1) is 8.74. The molecule has 106 valence electrons. The Balaban J connectivity index is 3.93. The Labute approximate surface area is 117 Å². The van der Waals surface area contributed by atoms with Crippen molar-refractivity contribution in [2.24, 2.45) is 0 Å². The molecule has 0 saturated carbocycles. The van der Waals surface area contributed by atoms with Crippen LogP contribution in [0.5, 0.6) is 0 Å². The molecule has 0 nitrogen and oxygen atoms in total. The van der Waals surface area contributed by atoms with Crippen LogP contribution in [0.3, 0.4) is 0 Å². The van der Waals surface area contributed by atoms with Crippen LogP contribution in [0, 0.1) is 0 Å². The summed E-state index contributed by atoms with van der Waals surface area (Å²) in [5.41, 5.74) is 4.57. The largest absolute Gasteiger partial charge is 0.107 e. The lowest BCUT2D eigenvalue weighted by Crippen LogP contribution is -2.29. The molecule has 0 amide bonds. The molecule has 0 rings (SSSR count). The minimum absolute atomic E-state index is 1.33. The van der Waals surface area contributed by atoms with Crippen LogP contribution in [-0.2, 0) is 0 Å². The normalized spacial score (nSPS) is 11.4. The Morgan fingerprint density at radius 1 is 0.667 bits per heavy atom. The van der Waals surface area contributed by atoms with Crippen LogP contribution in [0.4, 0.5) is 0 Å². The Kier molecular flexibility index (Phi) is 11.6. The van der Waals surface area contributed by atoms with Gasteiger partial charge in [0.15, 0.2) is 0 Å². The van der Waals surface area contributed by atoms with Gasteiger partial charge in [0.05, 0.1) is 0 Å². The van der Waals surface area contributed by atoms with E-state index in [9.17, 15) is 0 Å². The summed E-state index contributed by atoms with van der Waals surface area (Å²) in [6.45, 7) is 12.8. The molecule has 0 fully saturated rings. The summed E-state index contributed by atoms with van der Waals surface area (Å²) >= 11 is 0. The zero-order chi connectivity index (χ0) is 13.7. The van der Waals surface area contributed by atoms with Gasteiger partial charge in [0.25, 0.3) is 0 Å². The fourth-order valence-electron chi connectivity index (χ4n) is 2.56. The second-order valence-electron chi connectivity index (χ2n) is 5.62. The first kappa shape index (κ1) is 17.7. The third-order valence-corrected chi connectivity index (χ3v) is 8.25. The van der Waals surface area contributed by atoms with Gasteiger partial charge in [-0.1, -0.05) is 95.1 Å². The van der Waals surface area contributed by atoms with Crippen molar-refractivity contribution in [3.05, 3.63) is 24.6 Å². The molecule has 0 aromatic rings. The molecule has 0 saturated heterocycles. The number of hydrogen-bond donors (Lipinski definition) is 0. The molecule has 0 spiro atoms. The van der Waals surface area contributed by atoms with Gasteiger partial charge in [0.1, 0.15) is 8.07 Å². The molecular formula is C17H34Si. The lowest BCUT2D eigenvalue weighted by atomic mass is 10.2. The highest BCUT2D eigenvalue weighted by Crippen LogP contribution is 2.25. The van der Waals surface area contributed by atoms with Crippen LogP contribution >= 0.6 is 0 Å². The summed E-state index contributed by atoms with van der Waals surface area (Å²) in [5.74, 6) is 0. The summed E-state index contributed by atoms with van der Waals surface area (Å²) in [6.07, 6.45) is 12.4. The van der Waals surface area contributed by atoms with E-state index in [1.807, 2.05) is 0 Å². The summed E-state index contributed by atoms with van der Waals surface area (Å²) in [4.78, 5) is 0. The molecule has 0 aromatic carbocycles. The van der Waals surface area contributed by atoms with Crippen molar-refractivity contribution in [2.75, 3.05) is 0 Å². The highest BCUT2D eigenvalue weighted by molar-refractivity contribution is 6.88. The predicted octanol–water partition coefficient (Wildman–Crippen LogP) is 6.44. The van der Waals surface area contributed by atoms with E-state index in [0.717, 1.165) is 0 Å². The third kappa shape index (κ3) is 7.92. The van der Waals surface area contributed by atoms with E-state index in [4.69, 9.17) is 0 Å². The van der Waals surface area contributed by atoms with Crippen molar-refractivity contribution in [3.8, 4) is 0 Å². The summed E-state index contributed by atoms with van der Waals surface area (Å²) < 4.78 is 0. The predicted molar refractivity (Wildman–Crippen MR) is 88.7 cm³/mol. The van der Waals surface area contributed by atoms with Crippen molar-refractivity contribution in [1.29, 1.82) is 0 Å². The highest BCUT2D eigenvalue weighted by Gasteiger charge is 2.24. The molecule has 0 unspecified atom stereocenters. The SMILES string of the molecule is C=C[Si](C=C)(CCCCCC)CCCCCCC. The molecule has 0 heterocycles. The van der Waals surface area contributed by atoms with Gasteiger partial charge >= 0.3 is 0 Å². The highest BCUT2D eigenvalue weighted by atomic mass is 28.3. The fourth-order valence-corrected chi connectivity index (χ4v) is 5.60. The van der Waals surface area contributed by atoms with Crippen LogP contribution in [0.2, 0.25) is 12.1 Å². The number of hydrogen-bond acceptors (Lipinski definition) is 0. The van der Waals surface area contributed by atoms with Gasteiger partial charge in [-0.05, 0) is 0 Å². The van der Waals surface area contributed by atoms with Crippen LogP contribution in [0.15, 0.2) is 24.6 Å². The lowest BCUT2D eigenvalue weighted by Gasteiger charge is -2.24. The van der Waals surface area contributed by atoms with Crippen LogP contribution in [0.25, 0.3) is 0 Å². The molecule has 1 heteroatoms. The molecule has 0 aliphatic carbocycles. The van der Waals surface area contributed by atoms with E-state index in [1.165, 1.54) is 69.9 Å². The van der Waals surface area contributed by atoms with E-state index in [1.54, 1.807) is 0 Å². The monoisotopic (exact) mass is 266 g/mol. The minimum atomic E-state index is -1.33. The lowest BCUT2D eigenvalue weighted by molar-refractivity contribution is 0.651. The van der Waals surface area contributed by atoms with E-state index in [2.05, 4.69) is 38.4 Å². The fraction of sp³-hybridized carbons (Fsp3) is 0.765. The average molecular weight is 267 g/mol. The topological polar surface area (TPSA) is 0 Å². The zero-order valence-electron chi connectivity index (χ0n) is 12.8. The van der Waals surface area contributed by atoms with Crippen molar-refractivity contribution >= 4 is 8.07 Å². The molecule has 0 N–H and O–H groups in total. The maximum Gasteiger partial charge on any atom is 0.100 e. The molecule has 0 radical (unpaired) electrons. The summed E-state index contributed by atoms with van der Waals surface area (Å²) in [6, 6.07) is 2.77. The smallest absolute Gasteiger partial charge is 0.100 e. The van der Waals surface area contributed by atoms with Crippen LogP contribution in [-0.4, -0.2) is 8.07 Å². The van der Waals surface area contributed by atoms with Gasteiger partial charge in [-0.3, -0.25) is 0 Å². The quantitative estimate of drug-likeness (QED) is 0.266. The third-order valence-electron chi connectivity index (χ3n) is 4.05. The van der Waals surface area contributed by atoms with Crippen LogP contribution < -0.4 is 0 Å². The van der Waals surface area contributed by atoms with E-state index >= 15 is 0 Å². The first-order valence-electron chi connectivity index (χ1n) is 8.02. The van der Waals surface area contributed by atoms with Gasteiger partial charge in [-0.15, -0.1) is 13.2 Å². The summed E-state index contributed by atoms with van der Waals surface area (Å²) in [7, 11) is -1.33. The first-order valence-corrected chi connectivity index (χ1v) is 10.6. The average Bonchev–Trinajstić information content (AvgIpc) is 2.41. The standard InChI is InChI=1S/C17H34Si/c1-5-9-11-13-15-17-18(7-3,8-4)16-14-12-10-6-2/h7-8H,3-6,9-17H2,1-2H3. The molecule has 18 heavy (non-hydrogen) atoms. The van der Waals surface area contributed by atoms with Gasteiger partial charge in [0, 0.05) is 0 Å². The molecule has 0 bridgehead atoms. The van der Waals surface area contributed by atoms with Crippen molar-refractivity contribution in [3.63, 3.8) is 0 Å². The van der Waals surface area contributed by atoms with Crippen molar-refractivity contribution < 1.29 is 0 Å². The Bertz CT molecular complexity index is 200. The Morgan fingerprint density at radius 3 is 1.44 bits per heavy atom. The maximum atomic E-state index is 4.11. The molecule has 0 aromatic heterocycles. The maximum absolute atomic E-state index is 4.11. The minimum Gasteiger partial charge on any atom is -0.107 e. The van der Waals surface area contributed by atoms with Gasteiger partial charge < -0.3 is 0 Å². The molecule has 0 aliphatic heterocycles. The Hall–Kier alpha value is -0.303. The van der Waals surface area contributed by atoms with Gasteiger partial charge in [-0.2, -0.15) is 0 Å². The molecular weight excluding hydrogens is 232 g/mol. The second-order valence-corrected chi connectivity index (χ2v) is 9.90. The van der Waals surface area contributed by atoms with Crippen molar-refractivity contribution in [1.82, 2.24) is 0 Å². The molecule has 0 atom stereocenters. The van der Waals surface area contributed by atoms with E-state index in [-0.39, 0.29) is 0 Å². The van der Waals surface area contributed by atoms with Gasteiger partial charge in [0.2, 0.25) is 0 Å². The second kappa shape index (κ2) is 11.8. The Morgan fingerprint density at radius 2 is 1.06 bits per heavy atom. The van der Waals surface area contributed by atoms with Crippen LogP contribution in [0.1, 0.15) is 71.6 Å². The summed E-state index contributed by atoms with van der Waals surface area (Å²) in [5, 5.41) is 0. The number of unbranched alkanes of at least 4 members (excludes halogenated alkanes) is 7. The number of rotatable bonds is 13. The zero-order valence-corrected chi connectivity index (χ0v) is 13.8. The van der Waals surface area contributed by atoms with E-state index in [0.29, 0.717) is 0 Å². The van der Waals surface area contributed by atoms with Crippen molar-refractivity contribution in [2.45, 2.75) is 83.7 Å². The molecule has 0 aliphatic rings.